The molecule has 0 saturated heterocycles. The van der Waals surface area contributed by atoms with E-state index in [0.29, 0.717) is 13.0 Å². The summed E-state index contributed by atoms with van der Waals surface area (Å²) in [6, 6.07) is 0. The Labute approximate surface area is 234 Å². The van der Waals surface area contributed by atoms with E-state index in [4.69, 9.17) is 4.74 Å². The number of esters is 1. The molecule has 0 aromatic carbocycles. The molecule has 0 N–H and O–H groups in total. The highest BCUT2D eigenvalue weighted by molar-refractivity contribution is 5.69. The second-order valence-electron chi connectivity index (χ2n) is 11.9. The summed E-state index contributed by atoms with van der Waals surface area (Å²) in [7, 11) is 0. The number of rotatable bonds is 32. The Hall–Kier alpha value is -0.530. The molecule has 0 unspecified atom stereocenters. The first-order chi connectivity index (χ1) is 18.3. The lowest BCUT2D eigenvalue weighted by Gasteiger charge is -2.06. The van der Waals surface area contributed by atoms with Crippen LogP contribution >= 0.6 is 0 Å². The van der Waals surface area contributed by atoms with Crippen molar-refractivity contribution in [3.8, 4) is 0 Å². The zero-order chi connectivity index (χ0) is 26.9. The molecule has 0 aliphatic rings. The van der Waals surface area contributed by atoms with Gasteiger partial charge in [0, 0.05) is 6.42 Å². The molecule has 0 atom stereocenters. The van der Waals surface area contributed by atoms with E-state index in [9.17, 15) is 4.79 Å². The van der Waals surface area contributed by atoms with Gasteiger partial charge < -0.3 is 4.74 Å². The van der Waals surface area contributed by atoms with Crippen LogP contribution in [0, 0.1) is 0 Å². The lowest BCUT2D eigenvalue weighted by molar-refractivity contribution is -0.143. The van der Waals surface area contributed by atoms with Gasteiger partial charge in [-0.1, -0.05) is 194 Å². The third kappa shape index (κ3) is 33.4. The highest BCUT2D eigenvalue weighted by Gasteiger charge is 2.03. The molecule has 0 aliphatic heterocycles. The lowest BCUT2D eigenvalue weighted by Crippen LogP contribution is -2.05. The minimum atomic E-state index is 0.0278. The van der Waals surface area contributed by atoms with Crippen LogP contribution in [0.25, 0.3) is 0 Å². The Morgan fingerprint density at radius 3 is 0.892 bits per heavy atom. The third-order valence-corrected chi connectivity index (χ3v) is 8.00. The molecule has 0 spiro atoms. The predicted molar refractivity (Wildman–Crippen MR) is 165 cm³/mol. The van der Waals surface area contributed by atoms with Crippen LogP contribution in [0.5, 0.6) is 0 Å². The van der Waals surface area contributed by atoms with Crippen LogP contribution in [0.4, 0.5) is 0 Å². The highest BCUT2D eigenvalue weighted by Crippen LogP contribution is 2.15. The average Bonchev–Trinajstić information content (AvgIpc) is 2.90. The van der Waals surface area contributed by atoms with Crippen LogP contribution in [-0.4, -0.2) is 12.6 Å². The van der Waals surface area contributed by atoms with Crippen LogP contribution in [0.1, 0.15) is 213 Å². The fourth-order valence-corrected chi connectivity index (χ4v) is 5.37. The summed E-state index contributed by atoms with van der Waals surface area (Å²) >= 11 is 0. The Morgan fingerprint density at radius 2 is 0.595 bits per heavy atom. The quantitative estimate of drug-likeness (QED) is 0.0648. The first-order valence-electron chi connectivity index (χ1n) is 17.5. The number of hydrogen-bond acceptors (Lipinski definition) is 2. The van der Waals surface area contributed by atoms with E-state index in [-0.39, 0.29) is 5.97 Å². The zero-order valence-electron chi connectivity index (χ0n) is 25.9. The van der Waals surface area contributed by atoms with E-state index < -0.39 is 0 Å². The lowest BCUT2D eigenvalue weighted by atomic mass is 10.0. The first kappa shape index (κ1) is 36.5. The average molecular weight is 523 g/mol. The Morgan fingerprint density at radius 1 is 0.351 bits per heavy atom. The van der Waals surface area contributed by atoms with E-state index in [2.05, 4.69) is 13.8 Å². The number of unbranched alkanes of at least 4 members (excludes halogenated alkanes) is 28. The van der Waals surface area contributed by atoms with Gasteiger partial charge >= 0.3 is 5.97 Å². The van der Waals surface area contributed by atoms with Gasteiger partial charge in [-0.25, -0.2) is 0 Å². The van der Waals surface area contributed by atoms with Crippen molar-refractivity contribution in [2.45, 2.75) is 213 Å². The summed E-state index contributed by atoms with van der Waals surface area (Å²) in [6.45, 7) is 5.21. The van der Waals surface area contributed by atoms with Gasteiger partial charge in [0.2, 0.25) is 0 Å². The van der Waals surface area contributed by atoms with Gasteiger partial charge in [-0.05, 0) is 12.8 Å². The largest absolute Gasteiger partial charge is 0.466 e. The number of carbonyl (C=O) groups is 1. The minimum absolute atomic E-state index is 0.0278. The molecule has 0 saturated carbocycles. The van der Waals surface area contributed by atoms with Crippen LogP contribution in [0.3, 0.4) is 0 Å². The first-order valence-corrected chi connectivity index (χ1v) is 17.5. The molecule has 0 rings (SSSR count). The molecule has 0 aromatic rings. The molecule has 222 valence electrons. The molecule has 2 heteroatoms. The summed E-state index contributed by atoms with van der Waals surface area (Å²) < 4.78 is 5.44. The summed E-state index contributed by atoms with van der Waals surface area (Å²) in [4.78, 5) is 11.9. The van der Waals surface area contributed by atoms with Gasteiger partial charge in [0.05, 0.1) is 6.61 Å². The van der Waals surface area contributed by atoms with Gasteiger partial charge in [-0.2, -0.15) is 0 Å². The summed E-state index contributed by atoms with van der Waals surface area (Å²) in [6.07, 6.45) is 41.6. The van der Waals surface area contributed by atoms with Crippen LogP contribution in [-0.2, 0) is 9.53 Å². The maximum atomic E-state index is 11.9. The summed E-state index contributed by atoms with van der Waals surface area (Å²) in [5.41, 5.74) is 0. The van der Waals surface area contributed by atoms with Crippen LogP contribution in [0.15, 0.2) is 0 Å². The monoisotopic (exact) mass is 523 g/mol. The molecular weight excluding hydrogens is 452 g/mol. The van der Waals surface area contributed by atoms with Crippen molar-refractivity contribution < 1.29 is 9.53 Å². The molecule has 0 aromatic heterocycles. The van der Waals surface area contributed by atoms with Gasteiger partial charge in [-0.3, -0.25) is 4.79 Å². The molecular formula is C35H70O2. The molecule has 0 aliphatic carbocycles. The molecule has 2 nitrogen and oxygen atoms in total. The highest BCUT2D eigenvalue weighted by atomic mass is 16.5. The molecule has 0 amide bonds. The fraction of sp³-hybridized carbons (Fsp3) is 0.971. The fourth-order valence-electron chi connectivity index (χ4n) is 5.37. The maximum Gasteiger partial charge on any atom is 0.305 e. The zero-order valence-corrected chi connectivity index (χ0v) is 25.9. The second kappa shape index (κ2) is 33.5. The van der Waals surface area contributed by atoms with E-state index in [0.717, 1.165) is 12.8 Å². The second-order valence-corrected chi connectivity index (χ2v) is 11.9. The van der Waals surface area contributed by atoms with E-state index in [1.807, 2.05) is 0 Å². The van der Waals surface area contributed by atoms with E-state index in [1.165, 1.54) is 180 Å². The Bertz CT molecular complexity index is 419. The van der Waals surface area contributed by atoms with Gasteiger partial charge in [0.25, 0.3) is 0 Å². The SMILES string of the molecule is CCCCCCCCCCCCCCCCCOC(=O)CCCCCCCCCCCCCCCCC. The van der Waals surface area contributed by atoms with E-state index in [1.54, 1.807) is 0 Å². The molecule has 0 bridgehead atoms. The molecule has 37 heavy (non-hydrogen) atoms. The van der Waals surface area contributed by atoms with Crippen LogP contribution in [0.2, 0.25) is 0 Å². The van der Waals surface area contributed by atoms with E-state index >= 15 is 0 Å². The summed E-state index contributed by atoms with van der Waals surface area (Å²) in [5, 5.41) is 0. The topological polar surface area (TPSA) is 26.3 Å². The Kier molecular flexibility index (Phi) is 33.0. The maximum absolute atomic E-state index is 11.9. The van der Waals surface area contributed by atoms with Crippen molar-refractivity contribution in [1.82, 2.24) is 0 Å². The van der Waals surface area contributed by atoms with Crippen molar-refractivity contribution in [2.24, 2.45) is 0 Å². The molecule has 0 heterocycles. The number of ether oxygens (including phenoxy) is 1. The minimum Gasteiger partial charge on any atom is -0.466 e. The van der Waals surface area contributed by atoms with Crippen molar-refractivity contribution >= 4 is 5.97 Å². The predicted octanol–water partition coefficient (Wildman–Crippen LogP) is 12.7. The van der Waals surface area contributed by atoms with Crippen molar-refractivity contribution in [3.63, 3.8) is 0 Å². The normalized spacial score (nSPS) is 11.3. The molecule has 0 radical (unpaired) electrons. The van der Waals surface area contributed by atoms with Crippen molar-refractivity contribution in [3.05, 3.63) is 0 Å². The van der Waals surface area contributed by atoms with Gasteiger partial charge in [0.15, 0.2) is 0 Å². The third-order valence-electron chi connectivity index (χ3n) is 8.00. The Balaban J connectivity index is 3.14. The smallest absolute Gasteiger partial charge is 0.305 e. The van der Waals surface area contributed by atoms with Crippen molar-refractivity contribution in [2.75, 3.05) is 6.61 Å². The molecule has 0 fully saturated rings. The van der Waals surface area contributed by atoms with Crippen molar-refractivity contribution in [1.29, 1.82) is 0 Å². The number of hydrogen-bond donors (Lipinski definition) is 0. The van der Waals surface area contributed by atoms with Gasteiger partial charge in [0.1, 0.15) is 0 Å². The van der Waals surface area contributed by atoms with Gasteiger partial charge in [-0.15, -0.1) is 0 Å². The number of carbonyl (C=O) groups excluding carboxylic acids is 1. The summed E-state index contributed by atoms with van der Waals surface area (Å²) in [5.74, 6) is 0.0278. The van der Waals surface area contributed by atoms with Crippen LogP contribution < -0.4 is 0 Å². The standard InChI is InChI=1S/C35H70O2/c1-3-5-7-9-11-13-15-17-19-21-23-25-27-29-31-33-35(36)37-34-32-30-28-26-24-22-20-18-16-14-12-10-8-6-4-2/h3-34H2,1-2H3.